The first-order valence-corrected chi connectivity index (χ1v) is 10.2. The van der Waals surface area contributed by atoms with Gasteiger partial charge in [0.1, 0.15) is 12.4 Å². The molecule has 10 heteroatoms. The number of rotatable bonds is 8. The van der Waals surface area contributed by atoms with E-state index in [4.69, 9.17) is 15.2 Å². The molecule has 1 fully saturated rings. The molecule has 2 atom stereocenters. The average Bonchev–Trinajstić information content (AvgIpc) is 3.12. The summed E-state index contributed by atoms with van der Waals surface area (Å²) in [6, 6.07) is 14.9. The fourth-order valence-corrected chi connectivity index (χ4v) is 4.45. The van der Waals surface area contributed by atoms with E-state index in [0.717, 1.165) is 5.56 Å². The van der Waals surface area contributed by atoms with Crippen molar-refractivity contribution in [2.24, 2.45) is 5.73 Å². The second-order valence-corrected chi connectivity index (χ2v) is 8.21. The third-order valence-electron chi connectivity index (χ3n) is 4.57. The molecule has 29 heavy (non-hydrogen) atoms. The quantitative estimate of drug-likeness (QED) is 0.568. The first kappa shape index (κ1) is 20.8. The van der Waals surface area contributed by atoms with Crippen LogP contribution in [0.15, 0.2) is 59.5 Å². The van der Waals surface area contributed by atoms with E-state index >= 15 is 0 Å². The van der Waals surface area contributed by atoms with Crippen molar-refractivity contribution < 1.29 is 32.6 Å². The van der Waals surface area contributed by atoms with E-state index in [-0.39, 0.29) is 17.9 Å². The maximum Gasteiger partial charge on any atom is 0.328 e. The van der Waals surface area contributed by atoms with Crippen molar-refractivity contribution in [2.75, 3.05) is 6.61 Å². The summed E-state index contributed by atoms with van der Waals surface area (Å²) in [5, 5.41) is 9.58. The van der Waals surface area contributed by atoms with Crippen LogP contribution in [-0.2, 0) is 31.0 Å². The Morgan fingerprint density at radius 2 is 1.83 bits per heavy atom. The fourth-order valence-electron chi connectivity index (χ4n) is 3.06. The van der Waals surface area contributed by atoms with Crippen LogP contribution < -0.4 is 15.2 Å². The number of hydrogen-bond acceptors (Lipinski definition) is 6. The van der Waals surface area contributed by atoms with Gasteiger partial charge in [-0.1, -0.05) is 30.3 Å². The van der Waals surface area contributed by atoms with Gasteiger partial charge in [-0.3, -0.25) is 9.59 Å². The molecular formula is C19H20N2O7S. The molecule has 4 N–H and O–H groups in total. The molecule has 1 aliphatic heterocycles. The molecule has 2 aromatic rings. The molecule has 0 bridgehead atoms. The molecule has 0 aromatic heterocycles. The van der Waals surface area contributed by atoms with E-state index in [1.807, 2.05) is 30.3 Å². The van der Waals surface area contributed by atoms with Crippen LogP contribution in [0.2, 0.25) is 0 Å². The number of carbonyl (C=O) groups excluding carboxylic acids is 1. The summed E-state index contributed by atoms with van der Waals surface area (Å²) in [5.41, 5.74) is 3.98. The Hall–Kier alpha value is -2.95. The lowest BCUT2D eigenvalue weighted by Crippen LogP contribution is -2.62. The molecule has 1 aliphatic rings. The van der Waals surface area contributed by atoms with Crippen LogP contribution in [0.25, 0.3) is 0 Å². The van der Waals surface area contributed by atoms with Crippen molar-refractivity contribution in [3.63, 3.8) is 0 Å². The summed E-state index contributed by atoms with van der Waals surface area (Å²) >= 11 is 0. The number of carboxylic acids is 1. The Bertz CT molecular complexity index is 993. The van der Waals surface area contributed by atoms with Gasteiger partial charge in [-0.05, 0) is 29.8 Å². The summed E-state index contributed by atoms with van der Waals surface area (Å²) < 4.78 is 38.2. The van der Waals surface area contributed by atoms with Crippen LogP contribution >= 0.6 is 0 Å². The summed E-state index contributed by atoms with van der Waals surface area (Å²) in [4.78, 5) is 23.2. The summed E-state index contributed by atoms with van der Waals surface area (Å²) in [5.74, 6) is -2.15. The van der Waals surface area contributed by atoms with E-state index in [2.05, 4.69) is 4.72 Å². The number of carbonyl (C=O) groups is 2. The topological polar surface area (TPSA) is 145 Å². The highest BCUT2D eigenvalue weighted by molar-refractivity contribution is 7.89. The van der Waals surface area contributed by atoms with Gasteiger partial charge in [0.05, 0.1) is 11.5 Å². The molecule has 1 saturated heterocycles. The van der Waals surface area contributed by atoms with Crippen LogP contribution in [-0.4, -0.2) is 43.7 Å². The molecule has 1 heterocycles. The van der Waals surface area contributed by atoms with E-state index in [0.29, 0.717) is 12.4 Å². The Labute approximate surface area is 167 Å². The molecule has 0 radical (unpaired) electrons. The molecule has 0 saturated carbocycles. The van der Waals surface area contributed by atoms with Crippen molar-refractivity contribution >= 4 is 21.9 Å². The third-order valence-corrected chi connectivity index (χ3v) is 6.09. The van der Waals surface area contributed by atoms with E-state index < -0.39 is 33.5 Å². The van der Waals surface area contributed by atoms with Gasteiger partial charge < -0.3 is 20.3 Å². The molecule has 3 rings (SSSR count). The second kappa shape index (κ2) is 8.19. The number of aliphatic carboxylic acids is 1. The Kier molecular flexibility index (Phi) is 5.87. The van der Waals surface area contributed by atoms with Gasteiger partial charge in [0.2, 0.25) is 15.9 Å². The van der Waals surface area contributed by atoms with Gasteiger partial charge in [-0.25, -0.2) is 8.42 Å². The molecule has 154 valence electrons. The van der Waals surface area contributed by atoms with Gasteiger partial charge in [0.25, 0.3) is 0 Å². The highest BCUT2D eigenvalue weighted by atomic mass is 32.2. The van der Waals surface area contributed by atoms with Crippen LogP contribution in [0.5, 0.6) is 5.75 Å². The lowest BCUT2D eigenvalue weighted by Gasteiger charge is -2.28. The fraction of sp³-hybridized carbons (Fsp3) is 0.263. The number of hydrogen-bond donors (Lipinski definition) is 3. The minimum absolute atomic E-state index is 0.116. The Morgan fingerprint density at radius 3 is 2.41 bits per heavy atom. The zero-order valence-corrected chi connectivity index (χ0v) is 16.1. The average molecular weight is 420 g/mol. The minimum atomic E-state index is -4.27. The predicted octanol–water partition coefficient (Wildman–Crippen LogP) is 0.642. The minimum Gasteiger partial charge on any atom is -0.489 e. The molecule has 0 spiro atoms. The van der Waals surface area contributed by atoms with Crippen molar-refractivity contribution in [3.8, 4) is 5.75 Å². The zero-order chi connectivity index (χ0) is 21.1. The maximum absolute atomic E-state index is 12.7. The van der Waals surface area contributed by atoms with Crippen molar-refractivity contribution in [1.82, 2.24) is 4.72 Å². The molecule has 1 amide bonds. The van der Waals surface area contributed by atoms with E-state index in [1.165, 1.54) is 24.3 Å². The second-order valence-electron chi connectivity index (χ2n) is 6.53. The number of ether oxygens (including phenoxy) is 2. The first-order valence-electron chi connectivity index (χ1n) is 8.70. The van der Waals surface area contributed by atoms with Crippen LogP contribution in [0.3, 0.4) is 0 Å². The van der Waals surface area contributed by atoms with Crippen LogP contribution in [0.4, 0.5) is 0 Å². The molecule has 2 aromatic carbocycles. The summed E-state index contributed by atoms with van der Waals surface area (Å²) in [6.07, 6.45) is -1.84. The number of amides is 1. The zero-order valence-electron chi connectivity index (χ0n) is 15.3. The van der Waals surface area contributed by atoms with Crippen LogP contribution in [0.1, 0.15) is 12.0 Å². The van der Waals surface area contributed by atoms with Gasteiger partial charge >= 0.3 is 5.97 Å². The molecule has 9 nitrogen and oxygen atoms in total. The number of sulfonamides is 1. The van der Waals surface area contributed by atoms with Crippen LogP contribution in [0, 0.1) is 0 Å². The van der Waals surface area contributed by atoms with Crippen molar-refractivity contribution in [1.29, 1.82) is 0 Å². The van der Waals surface area contributed by atoms with Gasteiger partial charge in [0.15, 0.2) is 11.6 Å². The van der Waals surface area contributed by atoms with Crippen molar-refractivity contribution in [3.05, 3.63) is 60.2 Å². The predicted molar refractivity (Wildman–Crippen MR) is 101 cm³/mol. The lowest BCUT2D eigenvalue weighted by atomic mass is 9.92. The summed E-state index contributed by atoms with van der Waals surface area (Å²) in [7, 11) is -4.27. The number of carboxylic acid groups (broad SMARTS) is 1. The van der Waals surface area contributed by atoms with E-state index in [9.17, 15) is 23.1 Å². The molecular weight excluding hydrogens is 400 g/mol. The van der Waals surface area contributed by atoms with Crippen molar-refractivity contribution in [2.45, 2.75) is 29.6 Å². The lowest BCUT2D eigenvalue weighted by molar-refractivity contribution is -0.150. The summed E-state index contributed by atoms with van der Waals surface area (Å²) in [6.45, 7) is 0.194. The SMILES string of the molecule is NC(=O)C1OCCC1(NS(=O)(=O)c1ccc(OCc2ccccc2)cc1)C(=O)O. The Balaban J connectivity index is 1.76. The molecule has 2 unspecified atom stereocenters. The smallest absolute Gasteiger partial charge is 0.328 e. The van der Waals surface area contributed by atoms with Gasteiger partial charge in [0, 0.05) is 6.42 Å². The largest absolute Gasteiger partial charge is 0.489 e. The highest BCUT2D eigenvalue weighted by Gasteiger charge is 2.56. The van der Waals surface area contributed by atoms with Gasteiger partial charge in [-0.15, -0.1) is 0 Å². The highest BCUT2D eigenvalue weighted by Crippen LogP contribution is 2.29. The van der Waals surface area contributed by atoms with Gasteiger partial charge in [-0.2, -0.15) is 4.72 Å². The normalized spacial score (nSPS) is 21.6. The number of primary amides is 1. The first-order chi connectivity index (χ1) is 13.7. The molecule has 0 aliphatic carbocycles. The monoisotopic (exact) mass is 420 g/mol. The number of benzene rings is 2. The third kappa shape index (κ3) is 4.39. The number of nitrogens with two attached hydrogens (primary N) is 1. The standard InChI is InChI=1S/C19H20N2O7S/c20-17(22)16-19(18(23)24,10-11-27-16)21-29(25,26)15-8-6-14(7-9-15)28-12-13-4-2-1-3-5-13/h1-9,16,21H,10-12H2,(H2,20,22)(H,23,24). The Morgan fingerprint density at radius 1 is 1.17 bits per heavy atom. The van der Waals surface area contributed by atoms with E-state index in [1.54, 1.807) is 0 Å². The number of nitrogens with one attached hydrogen (secondary N) is 1. The maximum atomic E-state index is 12.7.